The Morgan fingerprint density at radius 3 is 2.66 bits per heavy atom. The molecule has 2 aliphatic carbocycles. The number of ether oxygens (including phenoxy) is 2. The van der Waals surface area contributed by atoms with Gasteiger partial charge in [0.1, 0.15) is 12.7 Å². The van der Waals surface area contributed by atoms with E-state index >= 15 is 0 Å². The van der Waals surface area contributed by atoms with Gasteiger partial charge in [0.2, 0.25) is 0 Å². The molecule has 0 aromatic carbocycles. The first kappa shape index (κ1) is 21.6. The molecule has 0 spiro atoms. The molecule has 3 rings (SSSR count). The topological polar surface area (TPSA) is 110 Å². The van der Waals surface area contributed by atoms with E-state index in [-0.39, 0.29) is 35.4 Å². The molecule has 0 unspecified atom stereocenters. The lowest BCUT2D eigenvalue weighted by Crippen LogP contribution is -2.56. The Morgan fingerprint density at radius 2 is 2.10 bits per heavy atom. The third-order valence-corrected chi connectivity index (χ3v) is 7.54. The molecule has 0 aromatic heterocycles. The Bertz CT molecular complexity index is 767. The number of cyclic esters (lactones) is 1. The molecule has 7 heteroatoms. The van der Waals surface area contributed by atoms with Crippen LogP contribution in [0.3, 0.4) is 0 Å². The predicted octanol–water partition coefficient (Wildman–Crippen LogP) is 2.63. The number of carboxylic acid groups (broad SMARTS) is 1. The monoisotopic (exact) mass is 406 g/mol. The molecule has 0 aromatic rings. The van der Waals surface area contributed by atoms with Gasteiger partial charge in [0.25, 0.3) is 0 Å². The molecule has 0 radical (unpaired) electrons. The number of aliphatic carboxylic acids is 1. The first-order valence-corrected chi connectivity index (χ1v) is 10.2. The third kappa shape index (κ3) is 3.72. The van der Waals surface area contributed by atoms with Crippen LogP contribution in [0.15, 0.2) is 23.3 Å². The second-order valence-corrected chi connectivity index (χ2v) is 8.91. The Kier molecular flexibility index (Phi) is 5.90. The number of fused-ring (bicyclic) bond motifs is 1. The van der Waals surface area contributed by atoms with E-state index in [9.17, 15) is 24.6 Å². The number of aliphatic hydroxyl groups is 1. The number of carbonyl (C=O) groups is 3. The molecule has 1 heterocycles. The highest BCUT2D eigenvalue weighted by atomic mass is 16.5. The molecule has 1 saturated carbocycles. The second kappa shape index (κ2) is 7.94. The van der Waals surface area contributed by atoms with Crippen molar-refractivity contribution in [2.24, 2.45) is 22.7 Å². The van der Waals surface area contributed by atoms with E-state index in [1.54, 1.807) is 6.08 Å². The molecule has 2 N–H and O–H groups in total. The SMILES string of the molecule is CC(=O)O[C@@H]1C=C(C(=O)O)[C@]2(CO)CC[C@@H](C)[C@](C)(CCC3=CCOC3=O)[C@H]2C1. The average Bonchev–Trinajstić information content (AvgIpc) is 3.07. The van der Waals surface area contributed by atoms with Gasteiger partial charge in [-0.25, -0.2) is 9.59 Å². The summed E-state index contributed by atoms with van der Waals surface area (Å²) >= 11 is 0. The molecule has 5 atom stereocenters. The molecule has 3 aliphatic rings. The number of hydrogen-bond donors (Lipinski definition) is 2. The standard InChI is InChI=1S/C22H30O7/c1-13-4-8-22(12-23)17(19(25)26)10-16(29-14(2)24)11-18(22)21(13,3)7-5-15-6-9-28-20(15)27/h6,10,13,16,18,23H,4-5,7-9,11-12H2,1-3H3,(H,25,26)/t13-,16-,18-,21+,22-/m1/s1. The van der Waals surface area contributed by atoms with Crippen LogP contribution in [-0.2, 0) is 23.9 Å². The second-order valence-electron chi connectivity index (χ2n) is 8.91. The summed E-state index contributed by atoms with van der Waals surface area (Å²) in [7, 11) is 0. The Morgan fingerprint density at radius 1 is 1.38 bits per heavy atom. The zero-order valence-corrected chi connectivity index (χ0v) is 17.3. The molecule has 0 saturated heterocycles. The fraction of sp³-hybridized carbons (Fsp3) is 0.682. The minimum Gasteiger partial charge on any atom is -0.478 e. The van der Waals surface area contributed by atoms with Gasteiger partial charge in [-0.1, -0.05) is 13.8 Å². The Labute approximate surface area is 170 Å². The van der Waals surface area contributed by atoms with Crippen molar-refractivity contribution < 1.29 is 34.1 Å². The van der Waals surface area contributed by atoms with Gasteiger partial charge >= 0.3 is 17.9 Å². The van der Waals surface area contributed by atoms with Gasteiger partial charge in [-0.05, 0) is 61.5 Å². The molecule has 29 heavy (non-hydrogen) atoms. The minimum atomic E-state index is -1.08. The fourth-order valence-electron chi connectivity index (χ4n) is 5.70. The number of aliphatic hydroxyl groups excluding tert-OH is 1. The van der Waals surface area contributed by atoms with Crippen molar-refractivity contribution in [3.05, 3.63) is 23.3 Å². The first-order chi connectivity index (χ1) is 13.6. The number of rotatable bonds is 6. The van der Waals surface area contributed by atoms with Crippen molar-refractivity contribution in [1.29, 1.82) is 0 Å². The summed E-state index contributed by atoms with van der Waals surface area (Å²) in [6.45, 7) is 5.59. The van der Waals surface area contributed by atoms with Crippen molar-refractivity contribution >= 4 is 17.9 Å². The normalized spacial score (nSPS) is 36.6. The summed E-state index contributed by atoms with van der Waals surface area (Å²) in [4.78, 5) is 35.5. The molecule has 1 aliphatic heterocycles. The molecule has 160 valence electrons. The highest BCUT2D eigenvalue weighted by molar-refractivity contribution is 5.90. The highest BCUT2D eigenvalue weighted by Gasteiger charge is 2.59. The fourth-order valence-corrected chi connectivity index (χ4v) is 5.70. The van der Waals surface area contributed by atoms with Gasteiger partial charge in [-0.15, -0.1) is 0 Å². The molecular formula is C22H30O7. The van der Waals surface area contributed by atoms with E-state index in [1.807, 2.05) is 0 Å². The van der Waals surface area contributed by atoms with Crippen LogP contribution in [-0.4, -0.2) is 47.4 Å². The maximum atomic E-state index is 12.1. The maximum Gasteiger partial charge on any atom is 0.334 e. The van der Waals surface area contributed by atoms with Crippen LogP contribution in [0.25, 0.3) is 0 Å². The summed E-state index contributed by atoms with van der Waals surface area (Å²) < 4.78 is 10.4. The predicted molar refractivity (Wildman–Crippen MR) is 104 cm³/mol. The van der Waals surface area contributed by atoms with Gasteiger partial charge in [0.15, 0.2) is 0 Å². The van der Waals surface area contributed by atoms with Gasteiger partial charge in [-0.3, -0.25) is 4.79 Å². The highest BCUT2D eigenvalue weighted by Crippen LogP contribution is 2.62. The van der Waals surface area contributed by atoms with Gasteiger partial charge < -0.3 is 19.7 Å². The molecular weight excluding hydrogens is 376 g/mol. The van der Waals surface area contributed by atoms with E-state index < -0.39 is 23.5 Å². The lowest BCUT2D eigenvalue weighted by atomic mass is 9.46. The Hall–Kier alpha value is -2.15. The molecule has 1 fully saturated rings. The van der Waals surface area contributed by atoms with Gasteiger partial charge in [-0.2, -0.15) is 0 Å². The lowest BCUT2D eigenvalue weighted by Gasteiger charge is -2.58. The summed E-state index contributed by atoms with van der Waals surface area (Å²) in [5.41, 5.74) is -0.424. The van der Waals surface area contributed by atoms with Gasteiger partial charge in [0, 0.05) is 23.5 Å². The van der Waals surface area contributed by atoms with Crippen molar-refractivity contribution in [2.45, 2.75) is 59.0 Å². The average molecular weight is 406 g/mol. The minimum absolute atomic E-state index is 0.139. The first-order valence-electron chi connectivity index (χ1n) is 10.2. The van der Waals surface area contributed by atoms with E-state index in [4.69, 9.17) is 9.47 Å². The van der Waals surface area contributed by atoms with Gasteiger partial charge in [0.05, 0.1) is 6.61 Å². The lowest BCUT2D eigenvalue weighted by molar-refractivity contribution is -0.154. The van der Waals surface area contributed by atoms with Crippen molar-refractivity contribution in [3.8, 4) is 0 Å². The zero-order chi connectivity index (χ0) is 21.4. The van der Waals surface area contributed by atoms with Crippen molar-refractivity contribution in [2.75, 3.05) is 13.2 Å². The Balaban J connectivity index is 1.99. The quantitative estimate of drug-likeness (QED) is 0.653. The zero-order valence-electron chi connectivity index (χ0n) is 17.3. The maximum absolute atomic E-state index is 12.1. The summed E-state index contributed by atoms with van der Waals surface area (Å²) in [5, 5.41) is 20.3. The summed E-state index contributed by atoms with van der Waals surface area (Å²) in [5.74, 6) is -1.77. The smallest absolute Gasteiger partial charge is 0.334 e. The number of carboxylic acids is 1. The molecule has 0 amide bonds. The molecule has 7 nitrogen and oxygen atoms in total. The summed E-state index contributed by atoms with van der Waals surface area (Å²) in [6, 6.07) is 0. The van der Waals surface area contributed by atoms with Crippen LogP contribution in [0.5, 0.6) is 0 Å². The molecule has 0 bridgehead atoms. The van der Waals surface area contributed by atoms with Crippen LogP contribution in [0.4, 0.5) is 0 Å². The van der Waals surface area contributed by atoms with E-state index in [1.165, 1.54) is 13.0 Å². The van der Waals surface area contributed by atoms with Crippen LogP contribution in [0.2, 0.25) is 0 Å². The largest absolute Gasteiger partial charge is 0.478 e. The summed E-state index contributed by atoms with van der Waals surface area (Å²) in [6.07, 6.45) is 5.68. The van der Waals surface area contributed by atoms with Crippen molar-refractivity contribution in [1.82, 2.24) is 0 Å². The number of carbonyl (C=O) groups excluding carboxylic acids is 2. The van der Waals surface area contributed by atoms with E-state index in [0.29, 0.717) is 37.9 Å². The third-order valence-electron chi connectivity index (χ3n) is 7.54. The van der Waals surface area contributed by atoms with Crippen LogP contribution in [0, 0.1) is 22.7 Å². The van der Waals surface area contributed by atoms with Crippen LogP contribution in [0.1, 0.15) is 52.9 Å². The number of hydrogen-bond acceptors (Lipinski definition) is 6. The van der Waals surface area contributed by atoms with E-state index in [2.05, 4.69) is 13.8 Å². The van der Waals surface area contributed by atoms with Crippen molar-refractivity contribution in [3.63, 3.8) is 0 Å². The van der Waals surface area contributed by atoms with E-state index in [0.717, 1.165) is 6.42 Å². The van der Waals surface area contributed by atoms with Crippen LogP contribution >= 0.6 is 0 Å². The number of esters is 2. The van der Waals surface area contributed by atoms with Crippen LogP contribution < -0.4 is 0 Å².